The van der Waals surface area contributed by atoms with Crippen molar-refractivity contribution in [3.63, 3.8) is 0 Å². The van der Waals surface area contributed by atoms with E-state index >= 15 is 0 Å². The van der Waals surface area contributed by atoms with Crippen LogP contribution in [0.5, 0.6) is 0 Å². The highest BCUT2D eigenvalue weighted by Crippen LogP contribution is 2.34. The summed E-state index contributed by atoms with van der Waals surface area (Å²) in [6.45, 7) is 4.55. The van der Waals surface area contributed by atoms with E-state index in [1.807, 2.05) is 24.3 Å². The van der Waals surface area contributed by atoms with Crippen molar-refractivity contribution >= 4 is 0 Å². The first-order valence-corrected chi connectivity index (χ1v) is 8.81. The van der Waals surface area contributed by atoms with Crippen LogP contribution >= 0.6 is 0 Å². The van der Waals surface area contributed by atoms with E-state index in [0.29, 0.717) is 11.5 Å². The highest BCUT2D eigenvalue weighted by Gasteiger charge is 2.18. The van der Waals surface area contributed by atoms with E-state index in [2.05, 4.69) is 44.2 Å². The van der Waals surface area contributed by atoms with Crippen LogP contribution in [0.2, 0.25) is 0 Å². The van der Waals surface area contributed by atoms with Gasteiger partial charge in [-0.25, -0.2) is 0 Å². The molecule has 0 heterocycles. The Morgan fingerprint density at radius 3 is 2.42 bits per heavy atom. The van der Waals surface area contributed by atoms with Gasteiger partial charge in [0.1, 0.15) is 0 Å². The van der Waals surface area contributed by atoms with Gasteiger partial charge in [0.2, 0.25) is 0 Å². The van der Waals surface area contributed by atoms with Crippen molar-refractivity contribution in [2.45, 2.75) is 45.6 Å². The zero-order valence-corrected chi connectivity index (χ0v) is 15.0. The summed E-state index contributed by atoms with van der Waals surface area (Å²) in [6.07, 6.45) is 4.89. The Morgan fingerprint density at radius 1 is 1.08 bits per heavy atom. The third-order valence-electron chi connectivity index (χ3n) is 4.58. The molecule has 0 fully saturated rings. The molecule has 2 atom stereocenters. The molecule has 2 rings (SSSR count). The minimum atomic E-state index is 0.101. The molecule has 2 aromatic carbocycles. The zero-order valence-electron chi connectivity index (χ0n) is 15.0. The van der Waals surface area contributed by atoms with Crippen LogP contribution in [0.25, 0.3) is 11.1 Å². The molecule has 2 unspecified atom stereocenters. The first-order chi connectivity index (χ1) is 11.7. The zero-order chi connectivity index (χ0) is 17.4. The van der Waals surface area contributed by atoms with Crippen molar-refractivity contribution in [1.29, 1.82) is 5.26 Å². The quantitative estimate of drug-likeness (QED) is 0.586. The van der Waals surface area contributed by atoms with Crippen molar-refractivity contribution in [3.8, 4) is 17.2 Å². The highest BCUT2D eigenvalue weighted by molar-refractivity contribution is 5.68. The van der Waals surface area contributed by atoms with E-state index in [4.69, 9.17) is 10.00 Å². The number of benzene rings is 2. The first kappa shape index (κ1) is 18.2. The summed E-state index contributed by atoms with van der Waals surface area (Å²) in [5.41, 5.74) is 4.24. The summed E-state index contributed by atoms with van der Waals surface area (Å²) in [6, 6.07) is 18.4. The topological polar surface area (TPSA) is 33.0 Å². The van der Waals surface area contributed by atoms with Gasteiger partial charge in [0.05, 0.1) is 17.7 Å². The van der Waals surface area contributed by atoms with E-state index in [0.717, 1.165) is 12.0 Å². The lowest BCUT2D eigenvalue weighted by Crippen LogP contribution is -2.08. The largest absolute Gasteiger partial charge is 0.377 e. The number of nitrogens with zero attached hydrogens (tertiary/aromatic N) is 1. The van der Waals surface area contributed by atoms with Gasteiger partial charge in [-0.3, -0.25) is 0 Å². The van der Waals surface area contributed by atoms with Gasteiger partial charge in [0, 0.05) is 7.11 Å². The summed E-state index contributed by atoms with van der Waals surface area (Å²) in [7, 11) is 1.80. The average molecular weight is 321 g/mol. The van der Waals surface area contributed by atoms with Crippen molar-refractivity contribution in [2.75, 3.05) is 7.11 Å². The number of ether oxygens (including phenoxy) is 1. The average Bonchev–Trinajstić information content (AvgIpc) is 2.64. The van der Waals surface area contributed by atoms with Crippen LogP contribution in [0.15, 0.2) is 48.5 Å². The minimum absolute atomic E-state index is 0.101. The molecular formula is C22H27NO. The van der Waals surface area contributed by atoms with Gasteiger partial charge in [0.15, 0.2) is 0 Å². The van der Waals surface area contributed by atoms with Crippen LogP contribution in [0, 0.1) is 17.2 Å². The molecule has 0 saturated carbocycles. The van der Waals surface area contributed by atoms with Crippen molar-refractivity contribution in [3.05, 3.63) is 59.7 Å². The van der Waals surface area contributed by atoms with E-state index in [1.54, 1.807) is 7.11 Å². The van der Waals surface area contributed by atoms with Crippen LogP contribution in [0.1, 0.15) is 56.8 Å². The maximum atomic E-state index is 8.98. The number of unbranched alkanes of at least 4 members (excludes halogenated alkanes) is 1. The van der Waals surface area contributed by atoms with Gasteiger partial charge in [0.25, 0.3) is 0 Å². The number of nitriles is 1. The highest BCUT2D eigenvalue weighted by atomic mass is 16.5. The summed E-state index contributed by atoms with van der Waals surface area (Å²) in [4.78, 5) is 0. The lowest BCUT2D eigenvalue weighted by molar-refractivity contribution is 0.0812. The van der Waals surface area contributed by atoms with E-state index in [9.17, 15) is 0 Å². The van der Waals surface area contributed by atoms with Gasteiger partial charge in [-0.1, -0.05) is 69.5 Å². The van der Waals surface area contributed by atoms with Crippen LogP contribution in [0.4, 0.5) is 0 Å². The third kappa shape index (κ3) is 4.69. The Balaban J connectivity index is 2.27. The molecule has 0 radical (unpaired) electrons. The Kier molecular flexibility index (Phi) is 7.03. The maximum Gasteiger partial charge on any atom is 0.0991 e. The van der Waals surface area contributed by atoms with Crippen LogP contribution in [-0.2, 0) is 4.74 Å². The lowest BCUT2D eigenvalue weighted by Gasteiger charge is -2.23. The van der Waals surface area contributed by atoms with Crippen LogP contribution in [-0.4, -0.2) is 7.11 Å². The Bertz CT molecular complexity index is 669. The first-order valence-electron chi connectivity index (χ1n) is 8.81. The molecule has 0 amide bonds. The summed E-state index contributed by atoms with van der Waals surface area (Å²) in [5, 5.41) is 8.98. The molecule has 24 heavy (non-hydrogen) atoms. The number of methoxy groups -OCH3 is 1. The van der Waals surface area contributed by atoms with Gasteiger partial charge in [-0.2, -0.15) is 5.26 Å². The fourth-order valence-corrected chi connectivity index (χ4v) is 3.15. The van der Waals surface area contributed by atoms with Crippen molar-refractivity contribution in [1.82, 2.24) is 0 Å². The summed E-state index contributed by atoms with van der Waals surface area (Å²) in [5.74, 6) is 0.643. The molecular weight excluding hydrogens is 294 g/mol. The summed E-state index contributed by atoms with van der Waals surface area (Å²) >= 11 is 0. The monoisotopic (exact) mass is 321 g/mol. The van der Waals surface area contributed by atoms with E-state index in [1.165, 1.54) is 30.4 Å². The second kappa shape index (κ2) is 9.25. The SMILES string of the molecule is CCCCC(C)CC(OC)c1ccccc1-c1ccc(C#N)cc1. The smallest absolute Gasteiger partial charge is 0.0991 e. The third-order valence-corrected chi connectivity index (χ3v) is 4.58. The molecule has 0 bridgehead atoms. The van der Waals surface area contributed by atoms with Crippen molar-refractivity contribution in [2.24, 2.45) is 5.92 Å². The molecule has 2 aromatic rings. The van der Waals surface area contributed by atoms with Gasteiger partial charge in [-0.15, -0.1) is 0 Å². The van der Waals surface area contributed by atoms with Gasteiger partial charge >= 0.3 is 0 Å². The molecule has 0 aliphatic rings. The second-order valence-electron chi connectivity index (χ2n) is 6.48. The predicted octanol–water partition coefficient (Wildman–Crippen LogP) is 6.13. The molecule has 0 aliphatic carbocycles. The standard InChI is InChI=1S/C22H27NO/c1-4-5-8-17(2)15-22(24-3)21-10-7-6-9-20(21)19-13-11-18(16-23)12-14-19/h6-7,9-14,17,22H,4-5,8,15H2,1-3H3. The number of hydrogen-bond donors (Lipinski definition) is 0. The van der Waals surface area contributed by atoms with Gasteiger partial charge < -0.3 is 4.74 Å². The number of hydrogen-bond acceptors (Lipinski definition) is 2. The molecule has 0 N–H and O–H groups in total. The number of rotatable bonds is 8. The van der Waals surface area contributed by atoms with Crippen LogP contribution < -0.4 is 0 Å². The molecule has 2 heteroatoms. The van der Waals surface area contributed by atoms with E-state index in [-0.39, 0.29) is 6.10 Å². The Morgan fingerprint density at radius 2 is 1.79 bits per heavy atom. The van der Waals surface area contributed by atoms with Crippen LogP contribution in [0.3, 0.4) is 0 Å². The Hall–Kier alpha value is -2.11. The lowest BCUT2D eigenvalue weighted by atomic mass is 9.89. The molecule has 0 aromatic heterocycles. The molecule has 0 aliphatic heterocycles. The molecule has 2 nitrogen and oxygen atoms in total. The second-order valence-corrected chi connectivity index (χ2v) is 6.48. The fourth-order valence-electron chi connectivity index (χ4n) is 3.15. The predicted molar refractivity (Wildman–Crippen MR) is 99.6 cm³/mol. The molecule has 0 spiro atoms. The maximum absolute atomic E-state index is 8.98. The minimum Gasteiger partial charge on any atom is -0.377 e. The molecule has 126 valence electrons. The fraction of sp³-hybridized carbons (Fsp3) is 0.409. The van der Waals surface area contributed by atoms with Gasteiger partial charge in [-0.05, 0) is 41.2 Å². The van der Waals surface area contributed by atoms with E-state index < -0.39 is 0 Å². The summed E-state index contributed by atoms with van der Waals surface area (Å²) < 4.78 is 5.84. The Labute approximate surface area is 146 Å². The normalized spacial score (nSPS) is 13.2. The molecule has 0 saturated heterocycles. The van der Waals surface area contributed by atoms with Crippen molar-refractivity contribution < 1.29 is 4.74 Å².